The molecule has 0 fully saturated rings. The molecule has 0 unspecified atom stereocenters. The zero-order valence-corrected chi connectivity index (χ0v) is 16.8. The molecule has 0 atom stereocenters. The van der Waals surface area contributed by atoms with Crippen LogP contribution in [0.2, 0.25) is 0 Å². The SMILES string of the molecule is CCc1ccccc1OCC(=O)Nc1ccnn1Cc1cccc(OC)c1OC. The molecule has 29 heavy (non-hydrogen) atoms. The number of hydrogen-bond donors (Lipinski definition) is 1. The number of hydrogen-bond acceptors (Lipinski definition) is 5. The van der Waals surface area contributed by atoms with Crippen LogP contribution in [0.3, 0.4) is 0 Å². The summed E-state index contributed by atoms with van der Waals surface area (Å²) in [6, 6.07) is 15.1. The van der Waals surface area contributed by atoms with E-state index in [9.17, 15) is 4.79 Å². The molecule has 7 heteroatoms. The van der Waals surface area contributed by atoms with Crippen LogP contribution in [0.4, 0.5) is 5.82 Å². The highest BCUT2D eigenvalue weighted by molar-refractivity contribution is 5.91. The lowest BCUT2D eigenvalue weighted by Gasteiger charge is -2.14. The van der Waals surface area contributed by atoms with Crippen LogP contribution in [0.5, 0.6) is 17.2 Å². The second-order valence-electron chi connectivity index (χ2n) is 6.32. The van der Waals surface area contributed by atoms with E-state index in [1.165, 1.54) is 0 Å². The molecule has 152 valence electrons. The zero-order chi connectivity index (χ0) is 20.6. The van der Waals surface area contributed by atoms with Crippen molar-refractivity contribution >= 4 is 11.7 Å². The first-order chi connectivity index (χ1) is 14.2. The van der Waals surface area contributed by atoms with E-state index < -0.39 is 0 Å². The number of rotatable bonds is 9. The highest BCUT2D eigenvalue weighted by Gasteiger charge is 2.14. The lowest BCUT2D eigenvalue weighted by Crippen LogP contribution is -2.22. The summed E-state index contributed by atoms with van der Waals surface area (Å²) in [5.74, 6) is 2.33. The molecule has 0 aliphatic rings. The first-order valence-electron chi connectivity index (χ1n) is 9.38. The number of benzene rings is 2. The van der Waals surface area contributed by atoms with Crippen molar-refractivity contribution in [2.75, 3.05) is 26.1 Å². The third-order valence-electron chi connectivity index (χ3n) is 4.50. The van der Waals surface area contributed by atoms with E-state index in [4.69, 9.17) is 14.2 Å². The van der Waals surface area contributed by atoms with E-state index in [0.29, 0.717) is 23.9 Å². The van der Waals surface area contributed by atoms with Gasteiger partial charge >= 0.3 is 0 Å². The lowest BCUT2D eigenvalue weighted by molar-refractivity contribution is -0.118. The highest BCUT2D eigenvalue weighted by atomic mass is 16.5. The summed E-state index contributed by atoms with van der Waals surface area (Å²) in [7, 11) is 3.19. The fourth-order valence-corrected chi connectivity index (χ4v) is 3.06. The summed E-state index contributed by atoms with van der Waals surface area (Å²) in [4.78, 5) is 12.4. The van der Waals surface area contributed by atoms with Crippen molar-refractivity contribution in [1.29, 1.82) is 0 Å². The minimum Gasteiger partial charge on any atom is -0.493 e. The molecule has 1 heterocycles. The minimum absolute atomic E-state index is 0.0787. The summed E-state index contributed by atoms with van der Waals surface area (Å²) in [6.07, 6.45) is 2.47. The fourth-order valence-electron chi connectivity index (χ4n) is 3.06. The molecule has 2 aromatic carbocycles. The average molecular weight is 395 g/mol. The molecule has 0 bridgehead atoms. The van der Waals surface area contributed by atoms with E-state index >= 15 is 0 Å². The highest BCUT2D eigenvalue weighted by Crippen LogP contribution is 2.31. The van der Waals surface area contributed by atoms with Crippen LogP contribution in [0, 0.1) is 0 Å². The van der Waals surface area contributed by atoms with Gasteiger partial charge in [-0.05, 0) is 24.1 Å². The second kappa shape index (κ2) is 9.64. The van der Waals surface area contributed by atoms with E-state index in [-0.39, 0.29) is 12.5 Å². The van der Waals surface area contributed by atoms with Gasteiger partial charge < -0.3 is 19.5 Å². The standard InChI is InChI=1S/C22H25N3O4/c1-4-16-8-5-6-10-18(16)29-15-21(26)24-20-12-13-23-25(20)14-17-9-7-11-19(27-2)22(17)28-3/h5-13H,4,14-15H2,1-3H3,(H,24,26). The Balaban J connectivity index is 1.67. The smallest absolute Gasteiger partial charge is 0.263 e. The van der Waals surface area contributed by atoms with Gasteiger partial charge in [-0.1, -0.05) is 37.3 Å². The van der Waals surface area contributed by atoms with Crippen LogP contribution in [0.1, 0.15) is 18.1 Å². The van der Waals surface area contributed by atoms with Crippen molar-refractivity contribution in [2.45, 2.75) is 19.9 Å². The quantitative estimate of drug-likeness (QED) is 0.600. The lowest BCUT2D eigenvalue weighted by atomic mass is 10.1. The monoisotopic (exact) mass is 395 g/mol. The van der Waals surface area contributed by atoms with Crippen LogP contribution < -0.4 is 19.5 Å². The molecule has 0 aliphatic carbocycles. The van der Waals surface area contributed by atoms with E-state index in [2.05, 4.69) is 10.4 Å². The second-order valence-corrected chi connectivity index (χ2v) is 6.32. The number of para-hydroxylation sites is 2. The maximum atomic E-state index is 12.4. The van der Waals surface area contributed by atoms with Gasteiger partial charge in [0.2, 0.25) is 0 Å². The first kappa shape index (κ1) is 20.3. The maximum absolute atomic E-state index is 12.4. The summed E-state index contributed by atoms with van der Waals surface area (Å²) in [5.41, 5.74) is 1.95. The Labute approximate surface area is 170 Å². The van der Waals surface area contributed by atoms with Crippen LogP contribution >= 0.6 is 0 Å². The molecule has 0 aliphatic heterocycles. The number of anilines is 1. The number of nitrogens with zero attached hydrogens (tertiary/aromatic N) is 2. The predicted molar refractivity (Wildman–Crippen MR) is 111 cm³/mol. The van der Waals surface area contributed by atoms with Gasteiger partial charge in [0.1, 0.15) is 11.6 Å². The van der Waals surface area contributed by atoms with E-state index in [1.54, 1.807) is 31.2 Å². The number of carbonyl (C=O) groups is 1. The molecule has 0 saturated carbocycles. The Morgan fingerprint density at radius 3 is 2.52 bits per heavy atom. The van der Waals surface area contributed by atoms with Gasteiger partial charge in [-0.3, -0.25) is 4.79 Å². The average Bonchev–Trinajstić information content (AvgIpc) is 3.18. The molecule has 0 radical (unpaired) electrons. The summed E-state index contributed by atoms with van der Waals surface area (Å²) < 4.78 is 18.2. The van der Waals surface area contributed by atoms with Gasteiger partial charge in [-0.15, -0.1) is 0 Å². The third kappa shape index (κ3) is 4.87. The summed E-state index contributed by atoms with van der Waals surface area (Å²) >= 11 is 0. The van der Waals surface area contributed by atoms with Crippen LogP contribution in [-0.2, 0) is 17.8 Å². The third-order valence-corrected chi connectivity index (χ3v) is 4.50. The van der Waals surface area contributed by atoms with Crippen molar-refractivity contribution in [3.63, 3.8) is 0 Å². The number of amides is 1. The van der Waals surface area contributed by atoms with Gasteiger partial charge in [-0.2, -0.15) is 5.10 Å². The van der Waals surface area contributed by atoms with Crippen LogP contribution in [0.15, 0.2) is 54.7 Å². The molecular formula is C22H25N3O4. The van der Waals surface area contributed by atoms with Crippen molar-refractivity contribution in [2.24, 2.45) is 0 Å². The molecular weight excluding hydrogens is 370 g/mol. The molecule has 1 N–H and O–H groups in total. The zero-order valence-electron chi connectivity index (χ0n) is 16.8. The molecule has 7 nitrogen and oxygen atoms in total. The van der Waals surface area contributed by atoms with Crippen molar-refractivity contribution < 1.29 is 19.0 Å². The Hall–Kier alpha value is -3.48. The van der Waals surface area contributed by atoms with Crippen molar-refractivity contribution in [3.05, 3.63) is 65.9 Å². The number of nitrogens with one attached hydrogen (secondary N) is 1. The molecule has 3 rings (SSSR count). The minimum atomic E-state index is -0.254. The van der Waals surface area contributed by atoms with Crippen molar-refractivity contribution in [1.82, 2.24) is 9.78 Å². The largest absolute Gasteiger partial charge is 0.493 e. The molecule has 3 aromatic rings. The van der Waals surface area contributed by atoms with Gasteiger partial charge in [0.15, 0.2) is 18.1 Å². The Morgan fingerprint density at radius 2 is 1.76 bits per heavy atom. The number of methoxy groups -OCH3 is 2. The molecule has 1 amide bonds. The Morgan fingerprint density at radius 1 is 1.00 bits per heavy atom. The maximum Gasteiger partial charge on any atom is 0.263 e. The number of aryl methyl sites for hydroxylation is 1. The molecule has 0 saturated heterocycles. The van der Waals surface area contributed by atoms with Gasteiger partial charge in [0.05, 0.1) is 27.0 Å². The van der Waals surface area contributed by atoms with Crippen LogP contribution in [-0.4, -0.2) is 36.5 Å². The topological polar surface area (TPSA) is 74.6 Å². The van der Waals surface area contributed by atoms with Gasteiger partial charge in [0.25, 0.3) is 5.91 Å². The normalized spacial score (nSPS) is 10.4. The predicted octanol–water partition coefficient (Wildman–Crippen LogP) is 3.53. The Kier molecular flexibility index (Phi) is 6.73. The van der Waals surface area contributed by atoms with Gasteiger partial charge in [0, 0.05) is 11.6 Å². The molecule has 1 aromatic heterocycles. The Bertz CT molecular complexity index is 968. The number of aromatic nitrogens is 2. The number of carbonyl (C=O) groups excluding carboxylic acids is 1. The van der Waals surface area contributed by atoms with E-state index in [0.717, 1.165) is 23.3 Å². The van der Waals surface area contributed by atoms with E-state index in [1.807, 2.05) is 49.4 Å². The van der Waals surface area contributed by atoms with Gasteiger partial charge in [-0.25, -0.2) is 4.68 Å². The van der Waals surface area contributed by atoms with Crippen LogP contribution in [0.25, 0.3) is 0 Å². The molecule has 0 spiro atoms. The number of ether oxygens (including phenoxy) is 3. The van der Waals surface area contributed by atoms with Crippen molar-refractivity contribution in [3.8, 4) is 17.2 Å². The first-order valence-corrected chi connectivity index (χ1v) is 9.38. The fraction of sp³-hybridized carbons (Fsp3) is 0.273. The summed E-state index contributed by atoms with van der Waals surface area (Å²) in [6.45, 7) is 2.39. The summed E-state index contributed by atoms with van der Waals surface area (Å²) in [5, 5.41) is 7.15.